The van der Waals surface area contributed by atoms with Crippen molar-refractivity contribution in [3.63, 3.8) is 0 Å². The van der Waals surface area contributed by atoms with E-state index in [-0.39, 0.29) is 25.1 Å². The maximum Gasteiger partial charge on any atom is 0.237 e. The molecule has 23 heavy (non-hydrogen) atoms. The van der Waals surface area contributed by atoms with Crippen molar-refractivity contribution in [2.45, 2.75) is 56.5 Å². The van der Waals surface area contributed by atoms with Crippen molar-refractivity contribution < 1.29 is 28.8 Å². The Morgan fingerprint density at radius 2 is 1.87 bits per heavy atom. The quantitative estimate of drug-likeness (QED) is 0.595. The van der Waals surface area contributed by atoms with Crippen molar-refractivity contribution in [3.05, 3.63) is 0 Å². The molecule has 1 amide bonds. The van der Waals surface area contributed by atoms with Gasteiger partial charge >= 0.3 is 0 Å². The zero-order valence-corrected chi connectivity index (χ0v) is 14.3. The molecule has 8 heteroatoms. The van der Waals surface area contributed by atoms with E-state index in [1.807, 2.05) is 0 Å². The Labute approximate surface area is 136 Å². The molecule has 0 aromatic carbocycles. The van der Waals surface area contributed by atoms with Crippen LogP contribution in [0, 0.1) is 0 Å². The van der Waals surface area contributed by atoms with Gasteiger partial charge in [-0.25, -0.2) is 0 Å². The van der Waals surface area contributed by atoms with Gasteiger partial charge in [0.15, 0.2) is 0 Å². The number of carbonyl (C=O) groups excluding carboxylic acids is 1. The van der Waals surface area contributed by atoms with E-state index in [0.717, 1.165) is 19.4 Å². The van der Waals surface area contributed by atoms with Crippen molar-refractivity contribution in [2.75, 3.05) is 33.9 Å². The predicted octanol–water partition coefficient (Wildman–Crippen LogP) is -0.644. The van der Waals surface area contributed by atoms with Gasteiger partial charge in [0.05, 0.1) is 12.6 Å². The number of aliphatic hydroxyl groups excluding tert-OH is 1. The molecular weight excluding hydrogens is 304 g/mol. The first-order valence-corrected chi connectivity index (χ1v) is 7.97. The molecule has 2 aliphatic rings. The van der Waals surface area contributed by atoms with Gasteiger partial charge in [-0.3, -0.25) is 4.79 Å². The molecule has 0 radical (unpaired) electrons. The fourth-order valence-electron chi connectivity index (χ4n) is 2.97. The van der Waals surface area contributed by atoms with Gasteiger partial charge in [-0.05, 0) is 33.2 Å². The second-order valence-electron chi connectivity index (χ2n) is 6.19. The molecule has 0 aromatic rings. The summed E-state index contributed by atoms with van der Waals surface area (Å²) in [7, 11) is 2.99. The van der Waals surface area contributed by atoms with Crippen molar-refractivity contribution >= 4 is 5.91 Å². The van der Waals surface area contributed by atoms with E-state index in [1.54, 1.807) is 13.8 Å². The van der Waals surface area contributed by atoms with Gasteiger partial charge < -0.3 is 34.7 Å². The van der Waals surface area contributed by atoms with E-state index >= 15 is 0 Å². The number of rotatable bonds is 6. The number of hydrogen-bond donors (Lipinski definition) is 3. The third-order valence-electron chi connectivity index (χ3n) is 4.81. The summed E-state index contributed by atoms with van der Waals surface area (Å²) in [5.41, 5.74) is 0. The molecular formula is C15H28N2O6. The van der Waals surface area contributed by atoms with Crippen LogP contribution in [0.25, 0.3) is 0 Å². The fraction of sp³-hybridized carbons (Fsp3) is 0.933. The first-order chi connectivity index (χ1) is 10.9. The molecule has 2 saturated heterocycles. The lowest BCUT2D eigenvalue weighted by Gasteiger charge is -2.51. The van der Waals surface area contributed by atoms with Crippen LogP contribution < -0.4 is 10.6 Å². The zero-order chi connectivity index (χ0) is 17.1. The summed E-state index contributed by atoms with van der Waals surface area (Å²) in [6.45, 7) is 4.23. The molecule has 0 spiro atoms. The summed E-state index contributed by atoms with van der Waals surface area (Å²) in [5.74, 6) is -2.39. The Kier molecular flexibility index (Phi) is 5.99. The zero-order valence-electron chi connectivity index (χ0n) is 14.3. The second-order valence-corrected chi connectivity index (χ2v) is 6.19. The lowest BCUT2D eigenvalue weighted by atomic mass is 10.0. The highest BCUT2D eigenvalue weighted by molar-refractivity contribution is 5.82. The van der Waals surface area contributed by atoms with Crippen LogP contribution in [0.4, 0.5) is 0 Å². The van der Waals surface area contributed by atoms with Crippen molar-refractivity contribution in [1.29, 1.82) is 0 Å². The highest BCUT2D eigenvalue weighted by Gasteiger charge is 2.56. The van der Waals surface area contributed by atoms with E-state index in [1.165, 1.54) is 14.2 Å². The highest BCUT2D eigenvalue weighted by Crippen LogP contribution is 2.38. The largest absolute Gasteiger partial charge is 0.394 e. The number of hydrogen-bond acceptors (Lipinski definition) is 7. The normalized spacial score (nSPS) is 41.0. The molecule has 0 saturated carbocycles. The number of methoxy groups -OCH3 is 2. The minimum atomic E-state index is -1.16. The van der Waals surface area contributed by atoms with Crippen LogP contribution in [0.2, 0.25) is 0 Å². The van der Waals surface area contributed by atoms with Crippen LogP contribution >= 0.6 is 0 Å². The average Bonchev–Trinajstić information content (AvgIpc) is 3.09. The van der Waals surface area contributed by atoms with Gasteiger partial charge in [-0.2, -0.15) is 0 Å². The van der Waals surface area contributed by atoms with Crippen LogP contribution in [-0.2, 0) is 23.7 Å². The average molecular weight is 332 g/mol. The molecule has 2 aliphatic heterocycles. The Balaban J connectivity index is 2.01. The molecule has 2 fully saturated rings. The molecule has 0 aliphatic carbocycles. The third kappa shape index (κ3) is 3.67. The molecule has 0 aromatic heterocycles. The number of nitrogens with one attached hydrogen (secondary N) is 2. The first-order valence-electron chi connectivity index (χ1n) is 7.97. The summed E-state index contributed by atoms with van der Waals surface area (Å²) in [6.07, 6.45) is 0.655. The van der Waals surface area contributed by atoms with E-state index < -0.39 is 23.8 Å². The standard InChI is InChI=1S/C15H28N2O6/c1-14(20-3)15(2,21-4)23-12(9-18)11(22-14)8-17-13(19)10-6-5-7-16-10/h10-12,16,18H,5-9H2,1-4H3,(H,17,19)/t10-,11-,12-,14+,15+/m0/s1. The van der Waals surface area contributed by atoms with Crippen LogP contribution in [0.15, 0.2) is 0 Å². The van der Waals surface area contributed by atoms with Crippen LogP contribution in [-0.4, -0.2) is 74.8 Å². The molecule has 134 valence electrons. The van der Waals surface area contributed by atoms with Gasteiger partial charge in [0.2, 0.25) is 17.5 Å². The molecule has 2 heterocycles. The van der Waals surface area contributed by atoms with Crippen LogP contribution in [0.3, 0.4) is 0 Å². The Morgan fingerprint density at radius 3 is 2.35 bits per heavy atom. The van der Waals surface area contributed by atoms with Gasteiger partial charge in [-0.15, -0.1) is 0 Å². The van der Waals surface area contributed by atoms with Gasteiger partial charge in [0, 0.05) is 20.8 Å². The van der Waals surface area contributed by atoms with Crippen LogP contribution in [0.1, 0.15) is 26.7 Å². The topological polar surface area (TPSA) is 98.3 Å². The number of aliphatic hydroxyl groups is 1. The van der Waals surface area contributed by atoms with Crippen LogP contribution in [0.5, 0.6) is 0 Å². The summed E-state index contributed by atoms with van der Waals surface area (Å²) >= 11 is 0. The molecule has 2 rings (SSSR count). The number of ether oxygens (including phenoxy) is 4. The molecule has 5 atom stereocenters. The second kappa shape index (κ2) is 7.42. The molecule has 0 bridgehead atoms. The molecule has 3 N–H and O–H groups in total. The van der Waals surface area contributed by atoms with Gasteiger partial charge in [0.25, 0.3) is 0 Å². The first kappa shape index (κ1) is 18.6. The Bertz CT molecular complexity index is 417. The number of amides is 1. The highest BCUT2D eigenvalue weighted by atomic mass is 16.8. The summed E-state index contributed by atoms with van der Waals surface area (Å²) in [6, 6.07) is -0.162. The van der Waals surface area contributed by atoms with Gasteiger partial charge in [0.1, 0.15) is 12.2 Å². The van der Waals surface area contributed by atoms with Crippen molar-refractivity contribution in [2.24, 2.45) is 0 Å². The minimum absolute atomic E-state index is 0.0676. The maximum atomic E-state index is 12.1. The fourth-order valence-corrected chi connectivity index (χ4v) is 2.97. The SMILES string of the molecule is CO[C@]1(C)O[C@@H](CO)[C@H](CNC(=O)[C@@H]2CCCN2)O[C@@]1(C)OC. The molecule has 8 nitrogen and oxygen atoms in total. The van der Waals surface area contributed by atoms with E-state index in [0.29, 0.717) is 0 Å². The smallest absolute Gasteiger partial charge is 0.237 e. The summed E-state index contributed by atoms with van der Waals surface area (Å²) in [4.78, 5) is 12.1. The maximum absolute atomic E-state index is 12.1. The Morgan fingerprint density at radius 1 is 1.26 bits per heavy atom. The monoisotopic (exact) mass is 332 g/mol. The van der Waals surface area contributed by atoms with Gasteiger partial charge in [-0.1, -0.05) is 0 Å². The summed E-state index contributed by atoms with van der Waals surface area (Å²) < 4.78 is 22.7. The lowest BCUT2D eigenvalue weighted by molar-refractivity contribution is -0.448. The summed E-state index contributed by atoms with van der Waals surface area (Å²) in [5, 5.41) is 15.6. The minimum Gasteiger partial charge on any atom is -0.394 e. The van der Waals surface area contributed by atoms with Crippen molar-refractivity contribution in [3.8, 4) is 0 Å². The van der Waals surface area contributed by atoms with E-state index in [2.05, 4.69) is 10.6 Å². The Hall–Kier alpha value is -0.770. The van der Waals surface area contributed by atoms with E-state index in [4.69, 9.17) is 18.9 Å². The third-order valence-corrected chi connectivity index (χ3v) is 4.81. The number of carbonyl (C=O) groups is 1. The van der Waals surface area contributed by atoms with E-state index in [9.17, 15) is 9.90 Å². The molecule has 0 unspecified atom stereocenters. The van der Waals surface area contributed by atoms with Crippen molar-refractivity contribution in [1.82, 2.24) is 10.6 Å². The predicted molar refractivity (Wildman–Crippen MR) is 81.7 cm³/mol. The lowest BCUT2D eigenvalue weighted by Crippen LogP contribution is -2.67.